The normalized spacial score (nSPS) is 19.3. The predicted octanol–water partition coefficient (Wildman–Crippen LogP) is 1.60. The van der Waals surface area contributed by atoms with Gasteiger partial charge in [-0.3, -0.25) is 4.90 Å². The topological polar surface area (TPSA) is 82.1 Å². The first kappa shape index (κ1) is 16.1. The third-order valence-electron chi connectivity index (χ3n) is 4.05. The first-order valence-electron chi connectivity index (χ1n) is 8.33. The summed E-state index contributed by atoms with van der Waals surface area (Å²) < 4.78 is 13.2. The average Bonchev–Trinajstić information content (AvgIpc) is 3.22. The molecule has 0 amide bonds. The molecule has 1 aliphatic rings. The summed E-state index contributed by atoms with van der Waals surface area (Å²) in [5.74, 6) is 2.36. The molecule has 126 valence electrons. The molecule has 0 N–H and O–H groups in total. The summed E-state index contributed by atoms with van der Waals surface area (Å²) in [4.78, 5) is 6.73. The van der Waals surface area contributed by atoms with Gasteiger partial charge in [0.25, 0.3) is 0 Å². The number of aromatic nitrogens is 5. The highest BCUT2D eigenvalue weighted by Gasteiger charge is 2.26. The van der Waals surface area contributed by atoms with Crippen LogP contribution in [-0.2, 0) is 24.2 Å². The molecule has 8 heteroatoms. The molecule has 0 radical (unpaired) electrons. The number of ether oxygens (including phenoxy) is 1. The molecule has 23 heavy (non-hydrogen) atoms. The molecule has 2 aromatic rings. The van der Waals surface area contributed by atoms with Crippen molar-refractivity contribution < 1.29 is 9.26 Å². The molecule has 0 aromatic carbocycles. The Hall–Kier alpha value is -1.80. The van der Waals surface area contributed by atoms with Crippen LogP contribution in [0.1, 0.15) is 50.3 Å². The predicted molar refractivity (Wildman–Crippen MR) is 82.6 cm³/mol. The molecule has 0 unspecified atom stereocenters. The zero-order valence-corrected chi connectivity index (χ0v) is 13.8. The fourth-order valence-electron chi connectivity index (χ4n) is 2.74. The molecule has 0 aliphatic carbocycles. The molecule has 1 atom stereocenters. The summed E-state index contributed by atoms with van der Waals surface area (Å²) in [6, 6.07) is 0. The van der Waals surface area contributed by atoms with Gasteiger partial charge in [-0.15, -0.1) is 10.2 Å². The Morgan fingerprint density at radius 2 is 2.26 bits per heavy atom. The van der Waals surface area contributed by atoms with Gasteiger partial charge in [0, 0.05) is 26.1 Å². The van der Waals surface area contributed by atoms with Crippen LogP contribution in [0.2, 0.25) is 0 Å². The molecular formula is C15H24N6O2. The average molecular weight is 320 g/mol. The second-order valence-corrected chi connectivity index (χ2v) is 5.78. The van der Waals surface area contributed by atoms with E-state index in [-0.39, 0.29) is 6.10 Å². The number of morpholine rings is 1. The number of rotatable bonds is 7. The zero-order chi connectivity index (χ0) is 16.1. The Morgan fingerprint density at radius 1 is 1.35 bits per heavy atom. The zero-order valence-electron chi connectivity index (χ0n) is 13.8. The minimum Gasteiger partial charge on any atom is -0.368 e. The van der Waals surface area contributed by atoms with Gasteiger partial charge in [-0.25, -0.2) is 0 Å². The van der Waals surface area contributed by atoms with Crippen molar-refractivity contribution in [2.75, 3.05) is 19.7 Å². The van der Waals surface area contributed by atoms with Gasteiger partial charge in [0.2, 0.25) is 5.89 Å². The molecule has 1 aliphatic heterocycles. The molecular weight excluding hydrogens is 296 g/mol. The van der Waals surface area contributed by atoms with Crippen molar-refractivity contribution in [1.82, 2.24) is 29.8 Å². The fourth-order valence-corrected chi connectivity index (χ4v) is 2.74. The van der Waals surface area contributed by atoms with Gasteiger partial charge in [0.15, 0.2) is 11.6 Å². The third-order valence-corrected chi connectivity index (χ3v) is 4.05. The maximum Gasteiger partial charge on any atom is 0.240 e. The van der Waals surface area contributed by atoms with E-state index in [0.717, 1.165) is 50.5 Å². The van der Waals surface area contributed by atoms with E-state index in [1.165, 1.54) is 0 Å². The number of unbranched alkanes of at least 4 members (excludes halogenated alkanes) is 1. The van der Waals surface area contributed by atoms with E-state index >= 15 is 0 Å². The quantitative estimate of drug-likeness (QED) is 0.766. The highest BCUT2D eigenvalue weighted by Crippen LogP contribution is 2.21. The summed E-state index contributed by atoms with van der Waals surface area (Å²) in [5.41, 5.74) is 0. The van der Waals surface area contributed by atoms with Gasteiger partial charge in [-0.1, -0.05) is 18.5 Å². The Balaban J connectivity index is 1.59. The number of hydrogen-bond acceptors (Lipinski definition) is 7. The molecule has 1 fully saturated rings. The van der Waals surface area contributed by atoms with Gasteiger partial charge in [0.05, 0.1) is 13.2 Å². The highest BCUT2D eigenvalue weighted by atomic mass is 16.5. The van der Waals surface area contributed by atoms with Gasteiger partial charge in [0.1, 0.15) is 12.4 Å². The van der Waals surface area contributed by atoms with E-state index in [2.05, 4.69) is 39.1 Å². The van der Waals surface area contributed by atoms with Gasteiger partial charge in [-0.05, 0) is 13.3 Å². The lowest BCUT2D eigenvalue weighted by Gasteiger charge is -2.31. The molecule has 3 heterocycles. The minimum absolute atomic E-state index is 0.0614. The molecule has 0 saturated carbocycles. The lowest BCUT2D eigenvalue weighted by molar-refractivity contribution is -0.0414. The van der Waals surface area contributed by atoms with Crippen LogP contribution in [0, 0.1) is 0 Å². The lowest BCUT2D eigenvalue weighted by atomic mass is 10.2. The maximum absolute atomic E-state index is 5.86. The van der Waals surface area contributed by atoms with Crippen LogP contribution in [0.15, 0.2) is 10.9 Å². The van der Waals surface area contributed by atoms with E-state index in [4.69, 9.17) is 9.26 Å². The maximum atomic E-state index is 5.86. The largest absolute Gasteiger partial charge is 0.368 e. The molecule has 0 bridgehead atoms. The summed E-state index contributed by atoms with van der Waals surface area (Å²) >= 11 is 0. The van der Waals surface area contributed by atoms with E-state index in [0.29, 0.717) is 19.0 Å². The van der Waals surface area contributed by atoms with Gasteiger partial charge in [-0.2, -0.15) is 4.98 Å². The van der Waals surface area contributed by atoms with Crippen molar-refractivity contribution in [2.24, 2.45) is 0 Å². The minimum atomic E-state index is -0.0614. The van der Waals surface area contributed by atoms with Crippen LogP contribution in [0.5, 0.6) is 0 Å². The van der Waals surface area contributed by atoms with E-state index in [1.54, 1.807) is 6.33 Å². The van der Waals surface area contributed by atoms with Crippen molar-refractivity contribution >= 4 is 0 Å². The Morgan fingerprint density at radius 3 is 3.09 bits per heavy atom. The van der Waals surface area contributed by atoms with Gasteiger partial charge < -0.3 is 13.8 Å². The second-order valence-electron chi connectivity index (χ2n) is 5.78. The molecule has 0 spiro atoms. The summed E-state index contributed by atoms with van der Waals surface area (Å²) in [5, 5.41) is 12.2. The van der Waals surface area contributed by atoms with Crippen LogP contribution >= 0.6 is 0 Å². The Kier molecular flexibility index (Phi) is 5.35. The summed E-state index contributed by atoms with van der Waals surface area (Å²) in [6.07, 6.45) is 4.79. The summed E-state index contributed by atoms with van der Waals surface area (Å²) in [7, 11) is 0. The monoisotopic (exact) mass is 320 g/mol. The Bertz CT molecular complexity index is 611. The van der Waals surface area contributed by atoms with Crippen molar-refractivity contribution in [2.45, 2.75) is 52.3 Å². The molecule has 3 rings (SSSR count). The number of nitrogens with zero attached hydrogens (tertiary/aromatic N) is 6. The Labute approximate surface area is 135 Å². The second kappa shape index (κ2) is 7.65. The van der Waals surface area contributed by atoms with Crippen molar-refractivity contribution in [3.8, 4) is 0 Å². The van der Waals surface area contributed by atoms with Crippen molar-refractivity contribution in [1.29, 1.82) is 0 Å². The first-order chi connectivity index (χ1) is 11.3. The third kappa shape index (κ3) is 3.94. The van der Waals surface area contributed by atoms with E-state index in [1.807, 2.05) is 4.57 Å². The molecule has 1 saturated heterocycles. The van der Waals surface area contributed by atoms with Crippen LogP contribution in [0.4, 0.5) is 0 Å². The van der Waals surface area contributed by atoms with Crippen molar-refractivity contribution in [3.05, 3.63) is 23.9 Å². The summed E-state index contributed by atoms with van der Waals surface area (Å²) in [6.45, 7) is 7.99. The van der Waals surface area contributed by atoms with Crippen LogP contribution in [-0.4, -0.2) is 49.5 Å². The molecule has 2 aromatic heterocycles. The smallest absolute Gasteiger partial charge is 0.240 e. The standard InChI is InChI=1S/C15H24N6O2/c1-3-5-6-13-17-14(23-19-13)10-20-7-8-22-12(9-20)15-18-16-11-21(15)4-2/h11-12H,3-10H2,1-2H3/t12-/m0/s1. The van der Waals surface area contributed by atoms with E-state index < -0.39 is 0 Å². The SMILES string of the molecule is CCCCc1noc(CN2CCO[C@H](c3nncn3CC)C2)n1. The highest BCUT2D eigenvalue weighted by molar-refractivity contribution is 4.95. The fraction of sp³-hybridized carbons (Fsp3) is 0.733. The van der Waals surface area contributed by atoms with E-state index in [9.17, 15) is 0 Å². The lowest BCUT2D eigenvalue weighted by Crippen LogP contribution is -2.38. The molecule has 8 nitrogen and oxygen atoms in total. The van der Waals surface area contributed by atoms with Crippen LogP contribution in [0.25, 0.3) is 0 Å². The van der Waals surface area contributed by atoms with Crippen LogP contribution in [0.3, 0.4) is 0 Å². The van der Waals surface area contributed by atoms with Crippen molar-refractivity contribution in [3.63, 3.8) is 0 Å². The van der Waals surface area contributed by atoms with Crippen LogP contribution < -0.4 is 0 Å². The number of hydrogen-bond donors (Lipinski definition) is 0. The number of aryl methyl sites for hydroxylation is 2. The first-order valence-corrected chi connectivity index (χ1v) is 8.33. The van der Waals surface area contributed by atoms with Gasteiger partial charge >= 0.3 is 0 Å².